The average molecular weight is 589 g/mol. The molecule has 0 saturated heterocycles. The Morgan fingerprint density at radius 2 is 1.70 bits per heavy atom. The number of aryl methyl sites for hydroxylation is 1. The van der Waals surface area contributed by atoms with Crippen LogP contribution in [0.2, 0.25) is 5.02 Å². The summed E-state index contributed by atoms with van der Waals surface area (Å²) in [4.78, 5) is 38.1. The molecule has 0 aliphatic carbocycles. The fraction of sp³-hybridized carbons (Fsp3) is 0.259. The van der Waals surface area contributed by atoms with Crippen LogP contribution in [-0.2, 0) is 26.2 Å². The smallest absolute Gasteiger partial charge is 0.273 e. The molecule has 13 heteroatoms. The van der Waals surface area contributed by atoms with Gasteiger partial charge in [-0.3, -0.25) is 24.0 Å². The van der Waals surface area contributed by atoms with E-state index in [-0.39, 0.29) is 28.4 Å². The number of nitro groups is 1. The molecule has 1 atom stereocenters. The first kappa shape index (κ1) is 30.4. The van der Waals surface area contributed by atoms with Crippen molar-refractivity contribution in [2.45, 2.75) is 31.3 Å². The number of carbonyl (C=O) groups excluding carboxylic acids is 2. The van der Waals surface area contributed by atoms with Crippen molar-refractivity contribution in [3.05, 3.63) is 93.0 Å². The molecule has 0 aliphatic heterocycles. The van der Waals surface area contributed by atoms with Crippen LogP contribution in [0.1, 0.15) is 18.1 Å². The van der Waals surface area contributed by atoms with Crippen LogP contribution < -0.4 is 14.4 Å². The Balaban J connectivity index is 2.09. The van der Waals surface area contributed by atoms with Gasteiger partial charge < -0.3 is 15.0 Å². The minimum atomic E-state index is -4.48. The molecule has 2 amide bonds. The summed E-state index contributed by atoms with van der Waals surface area (Å²) in [7, 11) is -1.60. The molecule has 0 spiro atoms. The molecule has 0 aliphatic rings. The monoisotopic (exact) mass is 588 g/mol. The van der Waals surface area contributed by atoms with E-state index in [4.69, 9.17) is 16.3 Å². The van der Waals surface area contributed by atoms with Gasteiger partial charge in [-0.25, -0.2) is 8.42 Å². The molecule has 1 unspecified atom stereocenters. The zero-order valence-corrected chi connectivity index (χ0v) is 23.9. The van der Waals surface area contributed by atoms with E-state index in [2.05, 4.69) is 5.32 Å². The summed E-state index contributed by atoms with van der Waals surface area (Å²) in [6.45, 7) is 2.33. The van der Waals surface area contributed by atoms with Crippen molar-refractivity contribution in [3.8, 4) is 5.75 Å². The van der Waals surface area contributed by atoms with Crippen molar-refractivity contribution >= 4 is 44.8 Å². The number of hydrogen-bond donors (Lipinski definition) is 1. The van der Waals surface area contributed by atoms with Gasteiger partial charge >= 0.3 is 0 Å². The Hall–Kier alpha value is -4.16. The fourth-order valence-corrected chi connectivity index (χ4v) is 5.49. The van der Waals surface area contributed by atoms with Gasteiger partial charge in [-0.15, -0.1) is 0 Å². The molecule has 0 bridgehead atoms. The average Bonchev–Trinajstić information content (AvgIpc) is 2.94. The summed E-state index contributed by atoms with van der Waals surface area (Å²) in [5, 5.41) is 14.5. The molecule has 0 saturated carbocycles. The van der Waals surface area contributed by atoms with Crippen LogP contribution in [0, 0.1) is 17.0 Å². The van der Waals surface area contributed by atoms with Gasteiger partial charge in [-0.1, -0.05) is 29.8 Å². The number of halogens is 1. The van der Waals surface area contributed by atoms with Gasteiger partial charge in [0.1, 0.15) is 18.3 Å². The number of nitro benzene ring substituents is 1. The van der Waals surface area contributed by atoms with E-state index in [0.717, 1.165) is 10.4 Å². The molecule has 3 aromatic carbocycles. The molecule has 0 radical (unpaired) electrons. The van der Waals surface area contributed by atoms with Gasteiger partial charge in [-0.05, 0) is 61.9 Å². The second kappa shape index (κ2) is 12.8. The summed E-state index contributed by atoms with van der Waals surface area (Å²) in [6, 6.07) is 15.2. The molecule has 0 fully saturated rings. The molecule has 1 N–H and O–H groups in total. The molecule has 212 valence electrons. The van der Waals surface area contributed by atoms with Gasteiger partial charge in [0.25, 0.3) is 15.7 Å². The van der Waals surface area contributed by atoms with Crippen LogP contribution in [0.3, 0.4) is 0 Å². The van der Waals surface area contributed by atoms with Crippen molar-refractivity contribution in [3.63, 3.8) is 0 Å². The standard InChI is InChI=1S/C27H29ClN4O7S/c1-18-5-14-24(15-25(18)32(35)36)40(37,38)31(22-10-12-23(39-4)13-11-22)17-26(33)30(19(2)27(34)29-3)16-20-6-8-21(28)9-7-20/h5-15,19H,16-17H2,1-4H3,(H,29,34). The maximum absolute atomic E-state index is 13.9. The third-order valence-electron chi connectivity index (χ3n) is 6.28. The van der Waals surface area contributed by atoms with Crippen LogP contribution >= 0.6 is 11.6 Å². The van der Waals surface area contributed by atoms with Gasteiger partial charge in [-0.2, -0.15) is 0 Å². The normalized spacial score (nSPS) is 11.8. The number of amides is 2. The highest BCUT2D eigenvalue weighted by atomic mass is 35.5. The van der Waals surface area contributed by atoms with Crippen LogP contribution in [0.4, 0.5) is 11.4 Å². The number of nitrogens with one attached hydrogen (secondary N) is 1. The number of sulfonamides is 1. The Kier molecular flexibility index (Phi) is 9.72. The Bertz CT molecular complexity index is 1500. The van der Waals surface area contributed by atoms with E-state index in [1.165, 1.54) is 69.3 Å². The number of carbonyl (C=O) groups is 2. The number of benzene rings is 3. The Labute approximate surface area is 237 Å². The number of hydrogen-bond acceptors (Lipinski definition) is 7. The molecule has 3 rings (SSSR count). The number of methoxy groups -OCH3 is 1. The second-order valence-electron chi connectivity index (χ2n) is 8.85. The van der Waals surface area contributed by atoms with E-state index in [9.17, 15) is 28.1 Å². The molecule has 0 aromatic heterocycles. The Morgan fingerprint density at radius 3 is 2.25 bits per heavy atom. The lowest BCUT2D eigenvalue weighted by atomic mass is 10.1. The maximum Gasteiger partial charge on any atom is 0.273 e. The van der Waals surface area contributed by atoms with E-state index >= 15 is 0 Å². The van der Waals surface area contributed by atoms with Crippen molar-refractivity contribution < 1.29 is 27.7 Å². The minimum absolute atomic E-state index is 0.00288. The predicted molar refractivity (Wildman–Crippen MR) is 151 cm³/mol. The second-order valence-corrected chi connectivity index (χ2v) is 11.2. The van der Waals surface area contributed by atoms with Gasteiger partial charge in [0.2, 0.25) is 11.8 Å². The van der Waals surface area contributed by atoms with Crippen LogP contribution in [0.15, 0.2) is 71.6 Å². The quantitative estimate of drug-likeness (QED) is 0.264. The number of rotatable bonds is 11. The zero-order chi connectivity index (χ0) is 29.6. The van der Waals surface area contributed by atoms with Crippen LogP contribution in [-0.4, -0.2) is 56.8 Å². The zero-order valence-electron chi connectivity index (χ0n) is 22.3. The lowest BCUT2D eigenvalue weighted by molar-refractivity contribution is -0.385. The number of likely N-dealkylation sites (N-methyl/N-ethyl adjacent to an activating group) is 1. The number of ether oxygens (including phenoxy) is 1. The van der Waals surface area contributed by atoms with Gasteiger partial charge in [0.15, 0.2) is 0 Å². The highest BCUT2D eigenvalue weighted by Crippen LogP contribution is 2.29. The maximum atomic E-state index is 13.9. The summed E-state index contributed by atoms with van der Waals surface area (Å²) < 4.78 is 33.8. The highest BCUT2D eigenvalue weighted by Gasteiger charge is 2.33. The van der Waals surface area contributed by atoms with E-state index < -0.39 is 39.3 Å². The fourth-order valence-electron chi connectivity index (χ4n) is 3.93. The molecule has 0 heterocycles. The van der Waals surface area contributed by atoms with Crippen LogP contribution in [0.25, 0.3) is 0 Å². The highest BCUT2D eigenvalue weighted by molar-refractivity contribution is 7.92. The third-order valence-corrected chi connectivity index (χ3v) is 8.31. The summed E-state index contributed by atoms with van der Waals surface area (Å²) in [6.07, 6.45) is 0. The topological polar surface area (TPSA) is 139 Å². The summed E-state index contributed by atoms with van der Waals surface area (Å²) in [5.41, 5.74) is 0.696. The number of anilines is 1. The largest absolute Gasteiger partial charge is 0.497 e. The molecular formula is C27H29ClN4O7S. The summed E-state index contributed by atoms with van der Waals surface area (Å²) in [5.74, 6) is -0.668. The SMILES string of the molecule is CNC(=O)C(C)N(Cc1ccc(Cl)cc1)C(=O)CN(c1ccc(OC)cc1)S(=O)(=O)c1ccc(C)c([N+](=O)[O-])c1. The van der Waals surface area contributed by atoms with Crippen molar-refractivity contribution in [1.29, 1.82) is 0 Å². The first-order valence-electron chi connectivity index (χ1n) is 12.1. The summed E-state index contributed by atoms with van der Waals surface area (Å²) >= 11 is 5.98. The Morgan fingerprint density at radius 1 is 1.07 bits per heavy atom. The first-order valence-corrected chi connectivity index (χ1v) is 13.9. The van der Waals surface area contributed by atoms with E-state index in [0.29, 0.717) is 16.3 Å². The lowest BCUT2D eigenvalue weighted by Gasteiger charge is -2.31. The molecular weight excluding hydrogens is 560 g/mol. The predicted octanol–water partition coefficient (Wildman–Crippen LogP) is 3.92. The molecule has 11 nitrogen and oxygen atoms in total. The lowest BCUT2D eigenvalue weighted by Crippen LogP contribution is -2.50. The van der Waals surface area contributed by atoms with Gasteiger partial charge in [0, 0.05) is 30.2 Å². The minimum Gasteiger partial charge on any atom is -0.497 e. The van der Waals surface area contributed by atoms with E-state index in [1.807, 2.05) is 0 Å². The molecule has 3 aromatic rings. The molecule has 40 heavy (non-hydrogen) atoms. The van der Waals surface area contributed by atoms with Crippen molar-refractivity contribution in [1.82, 2.24) is 10.2 Å². The number of nitrogens with zero attached hydrogens (tertiary/aromatic N) is 3. The van der Waals surface area contributed by atoms with E-state index in [1.54, 1.807) is 24.3 Å². The third kappa shape index (κ3) is 6.88. The van der Waals surface area contributed by atoms with Crippen LogP contribution in [0.5, 0.6) is 5.75 Å². The first-order chi connectivity index (χ1) is 18.9. The van der Waals surface area contributed by atoms with Gasteiger partial charge in [0.05, 0.1) is 22.6 Å². The van der Waals surface area contributed by atoms with Crippen molar-refractivity contribution in [2.75, 3.05) is 25.0 Å². The van der Waals surface area contributed by atoms with Crippen molar-refractivity contribution in [2.24, 2.45) is 0 Å².